The summed E-state index contributed by atoms with van der Waals surface area (Å²) in [6.07, 6.45) is 0.996. The Morgan fingerprint density at radius 2 is 2.25 bits per heavy atom. The normalized spacial score (nSPS) is 10.4. The number of nitrogens with two attached hydrogens (primary N) is 1. The monoisotopic (exact) mass is 234 g/mol. The summed E-state index contributed by atoms with van der Waals surface area (Å²) in [7, 11) is 1.67. The molecule has 1 heterocycles. The minimum atomic E-state index is 0.566. The molecule has 3 nitrogen and oxygen atoms in total. The van der Waals surface area contributed by atoms with E-state index in [1.807, 2.05) is 6.07 Å². The highest BCUT2D eigenvalue weighted by atomic mass is 32.1. The van der Waals surface area contributed by atoms with Crippen LogP contribution in [0.2, 0.25) is 0 Å². The van der Waals surface area contributed by atoms with Crippen LogP contribution in [-0.4, -0.2) is 12.1 Å². The van der Waals surface area contributed by atoms with Crippen LogP contribution < -0.4 is 10.5 Å². The molecule has 4 heteroatoms. The number of anilines is 1. The van der Waals surface area contributed by atoms with E-state index < -0.39 is 0 Å². The molecular weight excluding hydrogens is 220 g/mol. The zero-order valence-electron chi connectivity index (χ0n) is 9.36. The van der Waals surface area contributed by atoms with Crippen LogP contribution in [0.3, 0.4) is 0 Å². The van der Waals surface area contributed by atoms with Gasteiger partial charge in [-0.2, -0.15) is 0 Å². The van der Waals surface area contributed by atoms with Gasteiger partial charge in [0.25, 0.3) is 0 Å². The molecule has 1 aromatic heterocycles. The van der Waals surface area contributed by atoms with Gasteiger partial charge < -0.3 is 10.5 Å². The molecule has 0 saturated heterocycles. The molecule has 0 amide bonds. The summed E-state index contributed by atoms with van der Waals surface area (Å²) in [5, 5.41) is 0. The number of nitrogen functional groups attached to an aromatic ring is 1. The third kappa shape index (κ3) is 1.88. The van der Waals surface area contributed by atoms with E-state index in [9.17, 15) is 0 Å². The van der Waals surface area contributed by atoms with E-state index in [-0.39, 0.29) is 0 Å². The quantitative estimate of drug-likeness (QED) is 0.888. The van der Waals surface area contributed by atoms with Crippen molar-refractivity contribution in [3.8, 4) is 16.2 Å². The third-order valence-electron chi connectivity index (χ3n) is 2.51. The van der Waals surface area contributed by atoms with Gasteiger partial charge in [-0.05, 0) is 24.1 Å². The molecule has 0 saturated carbocycles. The molecule has 1 aromatic carbocycles. The van der Waals surface area contributed by atoms with Crippen molar-refractivity contribution in [1.29, 1.82) is 0 Å². The minimum absolute atomic E-state index is 0.566. The van der Waals surface area contributed by atoms with Crippen LogP contribution in [0.1, 0.15) is 12.5 Å². The molecule has 0 radical (unpaired) electrons. The minimum Gasteiger partial charge on any atom is -0.496 e. The van der Waals surface area contributed by atoms with Crippen molar-refractivity contribution in [3.63, 3.8) is 0 Å². The predicted octanol–water partition coefficient (Wildman–Crippen LogP) is 2.96. The molecule has 16 heavy (non-hydrogen) atoms. The molecule has 0 unspecified atom stereocenters. The Balaban J connectivity index is 2.57. The largest absolute Gasteiger partial charge is 0.496 e. The fourth-order valence-corrected chi connectivity index (χ4v) is 2.34. The summed E-state index contributed by atoms with van der Waals surface area (Å²) in [6, 6.07) is 6.16. The van der Waals surface area contributed by atoms with Gasteiger partial charge in [-0.1, -0.05) is 13.0 Å². The lowest BCUT2D eigenvalue weighted by Crippen LogP contribution is -1.92. The van der Waals surface area contributed by atoms with E-state index in [1.165, 1.54) is 16.9 Å². The summed E-state index contributed by atoms with van der Waals surface area (Å²) in [5.41, 5.74) is 9.88. The Labute approximate surface area is 98.9 Å². The maximum Gasteiger partial charge on any atom is 0.142 e. The van der Waals surface area contributed by atoms with Crippen LogP contribution in [0.5, 0.6) is 5.75 Å². The van der Waals surface area contributed by atoms with Crippen molar-refractivity contribution in [1.82, 2.24) is 4.98 Å². The maximum atomic E-state index is 5.83. The smallest absolute Gasteiger partial charge is 0.142 e. The summed E-state index contributed by atoms with van der Waals surface area (Å²) in [5.74, 6) is 1.41. The highest BCUT2D eigenvalue weighted by molar-refractivity contribution is 7.13. The molecule has 0 aliphatic heterocycles. The second-order valence-electron chi connectivity index (χ2n) is 3.45. The van der Waals surface area contributed by atoms with Gasteiger partial charge in [-0.3, -0.25) is 0 Å². The number of methoxy groups -OCH3 is 1. The zero-order chi connectivity index (χ0) is 11.5. The van der Waals surface area contributed by atoms with Crippen molar-refractivity contribution in [2.24, 2.45) is 0 Å². The maximum absolute atomic E-state index is 5.83. The summed E-state index contributed by atoms with van der Waals surface area (Å²) in [6.45, 7) is 2.13. The standard InChI is InChI=1S/C12H14N2OS/c1-3-8-4-5-10(15-2)9(6-8)11-12(13)14-7-16-11/h4-7H,3,13H2,1-2H3. The number of ether oxygens (including phenoxy) is 1. The Hall–Kier alpha value is -1.55. The van der Waals surface area contributed by atoms with Gasteiger partial charge in [0.15, 0.2) is 0 Å². The first-order valence-corrected chi connectivity index (χ1v) is 6.00. The van der Waals surface area contributed by atoms with E-state index in [0.717, 1.165) is 22.6 Å². The number of hydrogen-bond acceptors (Lipinski definition) is 4. The molecule has 2 rings (SSSR count). The van der Waals surface area contributed by atoms with E-state index in [0.29, 0.717) is 5.82 Å². The summed E-state index contributed by atoms with van der Waals surface area (Å²) in [4.78, 5) is 5.04. The van der Waals surface area contributed by atoms with Gasteiger partial charge >= 0.3 is 0 Å². The first-order valence-electron chi connectivity index (χ1n) is 5.12. The number of aromatic nitrogens is 1. The second-order valence-corrected chi connectivity index (χ2v) is 4.31. The molecule has 0 atom stereocenters. The van der Waals surface area contributed by atoms with Gasteiger partial charge in [0, 0.05) is 5.56 Å². The number of benzene rings is 1. The van der Waals surface area contributed by atoms with E-state index in [2.05, 4.69) is 24.0 Å². The molecule has 2 aromatic rings. The highest BCUT2D eigenvalue weighted by Crippen LogP contribution is 2.36. The molecule has 0 bridgehead atoms. The number of thiazole rings is 1. The SMILES string of the molecule is CCc1ccc(OC)c(-c2scnc2N)c1. The molecule has 0 spiro atoms. The average Bonchev–Trinajstić information content (AvgIpc) is 2.74. The Morgan fingerprint density at radius 1 is 1.44 bits per heavy atom. The third-order valence-corrected chi connectivity index (χ3v) is 3.39. The van der Waals surface area contributed by atoms with Gasteiger partial charge in [0.1, 0.15) is 11.6 Å². The van der Waals surface area contributed by atoms with Crippen molar-refractivity contribution in [2.45, 2.75) is 13.3 Å². The molecular formula is C12H14N2OS. The average molecular weight is 234 g/mol. The fraction of sp³-hybridized carbons (Fsp3) is 0.250. The first kappa shape index (κ1) is 11.0. The van der Waals surface area contributed by atoms with Crippen LogP contribution in [0.4, 0.5) is 5.82 Å². The van der Waals surface area contributed by atoms with Gasteiger partial charge in [0.05, 0.1) is 17.5 Å². The molecule has 2 N–H and O–H groups in total. The van der Waals surface area contributed by atoms with E-state index in [4.69, 9.17) is 10.5 Å². The second kappa shape index (κ2) is 4.53. The van der Waals surface area contributed by atoms with Gasteiger partial charge in [0.2, 0.25) is 0 Å². The first-order chi connectivity index (χ1) is 7.76. The highest BCUT2D eigenvalue weighted by Gasteiger charge is 2.11. The molecule has 0 fully saturated rings. The lowest BCUT2D eigenvalue weighted by Gasteiger charge is -2.09. The topological polar surface area (TPSA) is 48.1 Å². The van der Waals surface area contributed by atoms with Crippen LogP contribution in [0, 0.1) is 0 Å². The van der Waals surface area contributed by atoms with E-state index >= 15 is 0 Å². The lowest BCUT2D eigenvalue weighted by atomic mass is 10.1. The van der Waals surface area contributed by atoms with Crippen molar-refractivity contribution >= 4 is 17.2 Å². The number of aryl methyl sites for hydroxylation is 1. The zero-order valence-corrected chi connectivity index (χ0v) is 10.2. The van der Waals surface area contributed by atoms with Crippen LogP contribution in [-0.2, 0) is 6.42 Å². The van der Waals surface area contributed by atoms with Crippen LogP contribution >= 0.6 is 11.3 Å². The van der Waals surface area contributed by atoms with Gasteiger partial charge in [-0.25, -0.2) is 4.98 Å². The van der Waals surface area contributed by atoms with Gasteiger partial charge in [-0.15, -0.1) is 11.3 Å². The number of nitrogens with zero attached hydrogens (tertiary/aromatic N) is 1. The molecule has 84 valence electrons. The van der Waals surface area contributed by atoms with Crippen LogP contribution in [0.15, 0.2) is 23.7 Å². The molecule has 0 aliphatic rings. The fourth-order valence-electron chi connectivity index (χ4n) is 1.61. The number of hydrogen-bond donors (Lipinski definition) is 1. The van der Waals surface area contributed by atoms with Crippen molar-refractivity contribution in [3.05, 3.63) is 29.3 Å². The predicted molar refractivity (Wildman–Crippen MR) is 67.9 cm³/mol. The Morgan fingerprint density at radius 3 is 2.81 bits per heavy atom. The summed E-state index contributed by atoms with van der Waals surface area (Å²) < 4.78 is 5.35. The van der Waals surface area contributed by atoms with Crippen molar-refractivity contribution in [2.75, 3.05) is 12.8 Å². The molecule has 0 aliphatic carbocycles. The van der Waals surface area contributed by atoms with Crippen LogP contribution in [0.25, 0.3) is 10.4 Å². The lowest BCUT2D eigenvalue weighted by molar-refractivity contribution is 0.416. The Kier molecular flexibility index (Phi) is 3.10. The number of rotatable bonds is 3. The summed E-state index contributed by atoms with van der Waals surface area (Å²) >= 11 is 1.54. The van der Waals surface area contributed by atoms with E-state index in [1.54, 1.807) is 12.6 Å². The van der Waals surface area contributed by atoms with Crippen molar-refractivity contribution < 1.29 is 4.74 Å². The Bertz CT molecular complexity index is 494.